The smallest absolute Gasteiger partial charge is 0.316 e. The van der Waals surface area contributed by atoms with Crippen molar-refractivity contribution in [1.29, 1.82) is 0 Å². The molecule has 0 saturated carbocycles. The first-order valence-corrected chi connectivity index (χ1v) is 7.72. The van der Waals surface area contributed by atoms with Crippen LogP contribution in [0.5, 0.6) is 17.2 Å². The fraction of sp³-hybridized carbons (Fsp3) is 0.222. The van der Waals surface area contributed by atoms with Crippen molar-refractivity contribution < 1.29 is 23.8 Å². The van der Waals surface area contributed by atoms with E-state index in [4.69, 9.17) is 19.9 Å². The Labute approximate surface area is 151 Å². The van der Waals surface area contributed by atoms with E-state index in [9.17, 15) is 9.59 Å². The molecule has 4 N–H and O–H groups in total. The molecule has 0 spiro atoms. The van der Waals surface area contributed by atoms with Gasteiger partial charge in [0.1, 0.15) is 5.75 Å². The van der Waals surface area contributed by atoms with Crippen LogP contribution in [0.25, 0.3) is 0 Å². The van der Waals surface area contributed by atoms with E-state index in [2.05, 4.69) is 10.6 Å². The highest BCUT2D eigenvalue weighted by Gasteiger charge is 2.17. The Balaban J connectivity index is 2.11. The van der Waals surface area contributed by atoms with Crippen LogP contribution in [0.2, 0.25) is 0 Å². The lowest BCUT2D eigenvalue weighted by Crippen LogP contribution is -2.23. The Hall–Kier alpha value is -3.42. The summed E-state index contributed by atoms with van der Waals surface area (Å²) in [6.45, 7) is 0.299. The molecule has 8 nitrogen and oxygen atoms in total. The SMILES string of the molecule is COc1cc(OC)c(C(=O)NCc2ccc(NC(N)=O)cc2)cc1OC. The summed E-state index contributed by atoms with van der Waals surface area (Å²) >= 11 is 0. The predicted octanol–water partition coefficient (Wildman–Crippen LogP) is 2.13. The van der Waals surface area contributed by atoms with Crippen molar-refractivity contribution in [2.24, 2.45) is 5.73 Å². The fourth-order valence-corrected chi connectivity index (χ4v) is 2.33. The molecule has 0 aromatic heterocycles. The average Bonchev–Trinajstić information content (AvgIpc) is 2.65. The van der Waals surface area contributed by atoms with Crippen molar-refractivity contribution in [2.45, 2.75) is 6.54 Å². The van der Waals surface area contributed by atoms with Crippen LogP contribution in [0.1, 0.15) is 15.9 Å². The minimum Gasteiger partial charge on any atom is -0.496 e. The summed E-state index contributed by atoms with van der Waals surface area (Å²) in [5.41, 5.74) is 6.82. The van der Waals surface area contributed by atoms with E-state index in [1.165, 1.54) is 21.3 Å². The summed E-state index contributed by atoms with van der Waals surface area (Å²) in [5, 5.41) is 5.28. The maximum atomic E-state index is 12.5. The van der Waals surface area contributed by atoms with E-state index in [1.54, 1.807) is 36.4 Å². The third kappa shape index (κ3) is 4.56. The lowest BCUT2D eigenvalue weighted by Gasteiger charge is -2.14. The van der Waals surface area contributed by atoms with E-state index in [1.807, 2.05) is 0 Å². The monoisotopic (exact) mass is 359 g/mol. The van der Waals surface area contributed by atoms with Crippen molar-refractivity contribution in [3.63, 3.8) is 0 Å². The molecule has 0 heterocycles. The predicted molar refractivity (Wildman–Crippen MR) is 96.9 cm³/mol. The maximum absolute atomic E-state index is 12.5. The van der Waals surface area contributed by atoms with Crippen LogP contribution in [-0.4, -0.2) is 33.3 Å². The van der Waals surface area contributed by atoms with Gasteiger partial charge in [0.25, 0.3) is 5.91 Å². The Kier molecular flexibility index (Phi) is 6.26. The number of hydrogen-bond donors (Lipinski definition) is 3. The molecule has 0 fully saturated rings. The van der Waals surface area contributed by atoms with Crippen LogP contribution < -0.4 is 30.6 Å². The maximum Gasteiger partial charge on any atom is 0.316 e. The van der Waals surface area contributed by atoms with Gasteiger partial charge in [0.2, 0.25) is 0 Å². The highest BCUT2D eigenvalue weighted by atomic mass is 16.5. The molecule has 0 aliphatic heterocycles. The van der Waals surface area contributed by atoms with Crippen molar-refractivity contribution in [2.75, 3.05) is 26.6 Å². The molecule has 138 valence electrons. The third-order valence-electron chi connectivity index (χ3n) is 3.62. The first kappa shape index (κ1) is 18.9. The molecule has 0 aliphatic rings. The number of carbonyl (C=O) groups excluding carboxylic acids is 2. The molecule has 2 aromatic rings. The van der Waals surface area contributed by atoms with Crippen LogP contribution in [0.15, 0.2) is 36.4 Å². The molecule has 2 aromatic carbocycles. The summed E-state index contributed by atoms with van der Waals surface area (Å²) < 4.78 is 15.7. The number of primary amides is 1. The lowest BCUT2D eigenvalue weighted by molar-refractivity contribution is 0.0947. The van der Waals surface area contributed by atoms with Crippen LogP contribution in [0, 0.1) is 0 Å². The quantitative estimate of drug-likeness (QED) is 0.701. The number of methoxy groups -OCH3 is 3. The summed E-state index contributed by atoms with van der Waals surface area (Å²) in [7, 11) is 4.48. The van der Waals surface area contributed by atoms with Gasteiger partial charge in [-0.2, -0.15) is 0 Å². The largest absolute Gasteiger partial charge is 0.496 e. The Morgan fingerprint density at radius 1 is 0.923 bits per heavy atom. The standard InChI is InChI=1S/C18H21N3O5/c1-24-14-9-16(26-3)15(25-2)8-13(14)17(22)20-10-11-4-6-12(7-5-11)21-18(19)23/h4-9H,10H2,1-3H3,(H,20,22)(H3,19,21,23). The number of amides is 3. The van der Waals surface area contributed by atoms with Gasteiger partial charge in [-0.1, -0.05) is 12.1 Å². The van der Waals surface area contributed by atoms with Crippen molar-refractivity contribution in [3.8, 4) is 17.2 Å². The summed E-state index contributed by atoms with van der Waals surface area (Å²) in [5.74, 6) is 0.960. The second-order valence-corrected chi connectivity index (χ2v) is 5.28. The first-order chi connectivity index (χ1) is 12.5. The summed E-state index contributed by atoms with van der Waals surface area (Å²) in [6.07, 6.45) is 0. The minimum atomic E-state index is -0.633. The second-order valence-electron chi connectivity index (χ2n) is 5.28. The number of hydrogen-bond acceptors (Lipinski definition) is 5. The van der Waals surface area contributed by atoms with Crippen LogP contribution in [0.3, 0.4) is 0 Å². The van der Waals surface area contributed by atoms with E-state index >= 15 is 0 Å². The number of anilines is 1. The van der Waals surface area contributed by atoms with E-state index in [-0.39, 0.29) is 5.91 Å². The van der Waals surface area contributed by atoms with Gasteiger partial charge >= 0.3 is 6.03 Å². The normalized spacial score (nSPS) is 9.96. The molecule has 2 rings (SSSR count). The number of rotatable bonds is 7. The molecule has 0 saturated heterocycles. The van der Waals surface area contributed by atoms with E-state index in [0.29, 0.717) is 35.0 Å². The number of nitrogens with two attached hydrogens (primary N) is 1. The lowest BCUT2D eigenvalue weighted by atomic mass is 10.1. The van der Waals surface area contributed by atoms with E-state index < -0.39 is 6.03 Å². The zero-order valence-corrected chi connectivity index (χ0v) is 14.8. The zero-order valence-electron chi connectivity index (χ0n) is 14.8. The molecule has 0 radical (unpaired) electrons. The molecule has 3 amide bonds. The molecule has 0 atom stereocenters. The Morgan fingerprint density at radius 3 is 2.04 bits per heavy atom. The first-order valence-electron chi connectivity index (χ1n) is 7.72. The third-order valence-corrected chi connectivity index (χ3v) is 3.62. The topological polar surface area (TPSA) is 112 Å². The second kappa shape index (κ2) is 8.61. The average molecular weight is 359 g/mol. The van der Waals surface area contributed by atoms with Gasteiger partial charge in [-0.25, -0.2) is 4.79 Å². The molecular weight excluding hydrogens is 338 g/mol. The van der Waals surface area contributed by atoms with Gasteiger partial charge in [0, 0.05) is 24.4 Å². The zero-order chi connectivity index (χ0) is 19.1. The summed E-state index contributed by atoms with van der Waals surface area (Å²) in [4.78, 5) is 23.3. The van der Waals surface area contributed by atoms with Gasteiger partial charge < -0.3 is 30.6 Å². The number of benzene rings is 2. The van der Waals surface area contributed by atoms with Crippen molar-refractivity contribution >= 4 is 17.6 Å². The van der Waals surface area contributed by atoms with Crippen LogP contribution >= 0.6 is 0 Å². The number of carbonyl (C=O) groups is 2. The summed E-state index contributed by atoms with van der Waals surface area (Å²) in [6, 6.07) is 9.47. The van der Waals surface area contributed by atoms with Gasteiger partial charge in [-0.15, -0.1) is 0 Å². The molecular formula is C18H21N3O5. The Morgan fingerprint density at radius 2 is 1.50 bits per heavy atom. The van der Waals surface area contributed by atoms with Gasteiger partial charge in [0.15, 0.2) is 11.5 Å². The van der Waals surface area contributed by atoms with Crippen LogP contribution in [-0.2, 0) is 6.54 Å². The van der Waals surface area contributed by atoms with Crippen LogP contribution in [0.4, 0.5) is 10.5 Å². The highest BCUT2D eigenvalue weighted by molar-refractivity contribution is 5.97. The fourth-order valence-electron chi connectivity index (χ4n) is 2.33. The van der Waals surface area contributed by atoms with Gasteiger partial charge in [-0.3, -0.25) is 4.79 Å². The molecule has 0 bridgehead atoms. The van der Waals surface area contributed by atoms with Gasteiger partial charge in [0.05, 0.1) is 26.9 Å². The van der Waals surface area contributed by atoms with Crippen molar-refractivity contribution in [1.82, 2.24) is 5.32 Å². The van der Waals surface area contributed by atoms with Crippen molar-refractivity contribution in [3.05, 3.63) is 47.5 Å². The molecule has 26 heavy (non-hydrogen) atoms. The number of urea groups is 1. The Bertz CT molecular complexity index is 790. The number of nitrogens with one attached hydrogen (secondary N) is 2. The van der Waals surface area contributed by atoms with Gasteiger partial charge in [-0.05, 0) is 17.7 Å². The minimum absolute atomic E-state index is 0.299. The molecule has 0 unspecified atom stereocenters. The number of ether oxygens (including phenoxy) is 3. The molecule has 0 aliphatic carbocycles. The van der Waals surface area contributed by atoms with E-state index in [0.717, 1.165) is 5.56 Å². The highest BCUT2D eigenvalue weighted by Crippen LogP contribution is 2.34. The molecule has 8 heteroatoms.